The van der Waals surface area contributed by atoms with Gasteiger partial charge in [0.15, 0.2) is 0 Å². The number of aromatic nitrogens is 2. The summed E-state index contributed by atoms with van der Waals surface area (Å²) in [5.41, 5.74) is 2.73. The fraction of sp³-hybridized carbons (Fsp3) is 0.733. The van der Waals surface area contributed by atoms with Gasteiger partial charge in [-0.15, -0.1) is 0 Å². The number of nitrogens with one attached hydrogen (secondary N) is 1. The van der Waals surface area contributed by atoms with E-state index in [0.717, 1.165) is 29.8 Å². The Morgan fingerprint density at radius 3 is 2.70 bits per heavy atom. The van der Waals surface area contributed by atoms with E-state index in [2.05, 4.69) is 10.2 Å². The number of likely N-dealkylation sites (tertiary alicyclic amines) is 1. The van der Waals surface area contributed by atoms with Gasteiger partial charge in [0.05, 0.1) is 17.9 Å². The van der Waals surface area contributed by atoms with Gasteiger partial charge in [-0.25, -0.2) is 8.42 Å². The molecule has 0 saturated carbocycles. The highest BCUT2D eigenvalue weighted by atomic mass is 32.2. The highest BCUT2D eigenvalue weighted by Gasteiger charge is 2.37. The fourth-order valence-corrected chi connectivity index (χ4v) is 5.34. The van der Waals surface area contributed by atoms with Crippen molar-refractivity contribution in [3.05, 3.63) is 17.0 Å². The Balaban J connectivity index is 1.68. The molecule has 23 heavy (non-hydrogen) atoms. The van der Waals surface area contributed by atoms with Crippen molar-refractivity contribution in [2.75, 3.05) is 25.4 Å². The van der Waals surface area contributed by atoms with Crippen molar-refractivity contribution in [2.24, 2.45) is 0 Å². The molecule has 128 valence electrons. The van der Waals surface area contributed by atoms with Crippen LogP contribution in [0, 0.1) is 13.8 Å². The van der Waals surface area contributed by atoms with Crippen LogP contribution in [-0.2, 0) is 21.2 Å². The molecular weight excluding hydrogens is 316 g/mol. The molecule has 2 aliphatic heterocycles. The molecule has 1 aromatic rings. The lowest BCUT2D eigenvalue weighted by atomic mass is 10.0. The Morgan fingerprint density at radius 1 is 1.30 bits per heavy atom. The van der Waals surface area contributed by atoms with Crippen LogP contribution in [0.1, 0.15) is 36.2 Å². The number of hydrogen-bond acceptors (Lipinski definition) is 4. The van der Waals surface area contributed by atoms with E-state index >= 15 is 0 Å². The van der Waals surface area contributed by atoms with E-state index < -0.39 is 10.0 Å². The zero-order valence-electron chi connectivity index (χ0n) is 13.7. The number of nitrogens with zero attached hydrogens (tertiary/aromatic N) is 3. The predicted molar refractivity (Wildman–Crippen MR) is 86.5 cm³/mol. The molecule has 2 fully saturated rings. The van der Waals surface area contributed by atoms with Gasteiger partial charge >= 0.3 is 0 Å². The van der Waals surface area contributed by atoms with Crippen molar-refractivity contribution in [2.45, 2.75) is 45.6 Å². The Morgan fingerprint density at radius 2 is 2.09 bits per heavy atom. The number of amides is 1. The van der Waals surface area contributed by atoms with E-state index in [1.54, 1.807) is 4.31 Å². The summed E-state index contributed by atoms with van der Waals surface area (Å²) in [5, 5.41) is 7.03. The maximum atomic E-state index is 12.6. The summed E-state index contributed by atoms with van der Waals surface area (Å²) < 4.78 is 25.8. The van der Waals surface area contributed by atoms with Crippen LogP contribution in [-0.4, -0.2) is 65.2 Å². The second kappa shape index (κ2) is 6.24. The number of sulfonamides is 1. The number of carbonyl (C=O) groups is 1. The smallest absolute Gasteiger partial charge is 0.227 e. The summed E-state index contributed by atoms with van der Waals surface area (Å²) >= 11 is 0. The zero-order chi connectivity index (χ0) is 16.6. The summed E-state index contributed by atoms with van der Waals surface area (Å²) in [5.74, 6) is 0.295. The maximum absolute atomic E-state index is 12.6. The molecule has 1 amide bonds. The van der Waals surface area contributed by atoms with E-state index in [1.807, 2.05) is 18.7 Å². The number of aromatic amines is 1. The van der Waals surface area contributed by atoms with Crippen molar-refractivity contribution < 1.29 is 13.2 Å². The molecule has 0 spiro atoms. The lowest BCUT2D eigenvalue weighted by Crippen LogP contribution is -2.50. The quantitative estimate of drug-likeness (QED) is 0.873. The number of aryl methyl sites for hydroxylation is 2. The van der Waals surface area contributed by atoms with Gasteiger partial charge in [-0.3, -0.25) is 9.89 Å². The van der Waals surface area contributed by atoms with Gasteiger partial charge in [-0.2, -0.15) is 9.40 Å². The summed E-state index contributed by atoms with van der Waals surface area (Å²) in [4.78, 5) is 14.4. The van der Waals surface area contributed by atoms with Crippen LogP contribution in [0.15, 0.2) is 0 Å². The minimum atomic E-state index is -3.12. The van der Waals surface area contributed by atoms with E-state index in [9.17, 15) is 13.2 Å². The van der Waals surface area contributed by atoms with Crippen LogP contribution >= 0.6 is 0 Å². The Kier molecular flexibility index (Phi) is 4.46. The third-order valence-electron chi connectivity index (χ3n) is 4.90. The number of hydrogen-bond donors (Lipinski definition) is 1. The second-order valence-electron chi connectivity index (χ2n) is 6.51. The molecule has 0 aliphatic carbocycles. The molecule has 8 heteroatoms. The normalized spacial score (nSPS) is 25.0. The maximum Gasteiger partial charge on any atom is 0.227 e. The third kappa shape index (κ3) is 3.28. The Labute approximate surface area is 137 Å². The van der Waals surface area contributed by atoms with Crippen LogP contribution in [0.3, 0.4) is 0 Å². The van der Waals surface area contributed by atoms with E-state index in [1.165, 1.54) is 0 Å². The third-order valence-corrected chi connectivity index (χ3v) is 6.90. The molecule has 3 heterocycles. The average molecular weight is 340 g/mol. The van der Waals surface area contributed by atoms with Gasteiger partial charge in [-0.05, 0) is 33.1 Å². The first kappa shape index (κ1) is 16.4. The molecule has 2 saturated heterocycles. The molecule has 0 radical (unpaired) electrons. The van der Waals surface area contributed by atoms with Crippen molar-refractivity contribution in [3.63, 3.8) is 0 Å². The van der Waals surface area contributed by atoms with Crippen LogP contribution in [0.5, 0.6) is 0 Å². The van der Waals surface area contributed by atoms with E-state index in [0.29, 0.717) is 32.5 Å². The SMILES string of the molecule is Cc1n[nH]c(C)c1CC(=O)N1CCC[C@@H](N2CCCS2(=O)=O)C1. The topological polar surface area (TPSA) is 86.4 Å². The van der Waals surface area contributed by atoms with Gasteiger partial charge in [-0.1, -0.05) is 0 Å². The minimum Gasteiger partial charge on any atom is -0.341 e. The molecular formula is C15H24N4O3S. The molecule has 0 aromatic carbocycles. The van der Waals surface area contributed by atoms with Gasteiger partial charge in [0, 0.05) is 36.9 Å². The van der Waals surface area contributed by atoms with Crippen molar-refractivity contribution in [1.29, 1.82) is 0 Å². The lowest BCUT2D eigenvalue weighted by molar-refractivity contribution is -0.132. The largest absolute Gasteiger partial charge is 0.341 e. The highest BCUT2D eigenvalue weighted by Crippen LogP contribution is 2.24. The van der Waals surface area contributed by atoms with Gasteiger partial charge in [0.1, 0.15) is 0 Å². The van der Waals surface area contributed by atoms with E-state index in [-0.39, 0.29) is 17.7 Å². The lowest BCUT2D eigenvalue weighted by Gasteiger charge is -2.36. The fourth-order valence-electron chi connectivity index (χ4n) is 3.58. The van der Waals surface area contributed by atoms with Crippen LogP contribution in [0.25, 0.3) is 0 Å². The Bertz CT molecular complexity index is 678. The first-order valence-corrected chi connectivity index (χ1v) is 9.77. The molecule has 1 aromatic heterocycles. The van der Waals surface area contributed by atoms with Gasteiger partial charge in [0.25, 0.3) is 0 Å². The molecule has 0 bridgehead atoms. The molecule has 3 rings (SSSR count). The highest BCUT2D eigenvalue weighted by molar-refractivity contribution is 7.89. The number of rotatable bonds is 3. The second-order valence-corrected chi connectivity index (χ2v) is 8.55. The van der Waals surface area contributed by atoms with Crippen LogP contribution < -0.4 is 0 Å². The zero-order valence-corrected chi connectivity index (χ0v) is 14.5. The molecule has 2 aliphatic rings. The van der Waals surface area contributed by atoms with Crippen molar-refractivity contribution in [3.8, 4) is 0 Å². The summed E-state index contributed by atoms with van der Waals surface area (Å²) in [6, 6.07) is -0.0632. The first-order chi connectivity index (χ1) is 10.9. The summed E-state index contributed by atoms with van der Waals surface area (Å²) in [6.07, 6.45) is 2.71. The number of piperidine rings is 1. The first-order valence-electron chi connectivity index (χ1n) is 8.16. The summed E-state index contributed by atoms with van der Waals surface area (Å²) in [6.45, 7) is 5.61. The number of H-pyrrole nitrogens is 1. The van der Waals surface area contributed by atoms with Crippen LogP contribution in [0.4, 0.5) is 0 Å². The van der Waals surface area contributed by atoms with E-state index in [4.69, 9.17) is 0 Å². The predicted octanol–water partition coefficient (Wildman–Crippen LogP) is 0.596. The standard InChI is InChI=1S/C15H24N4O3S/c1-11-14(12(2)17-16-11)9-15(20)18-6-3-5-13(10-18)19-7-4-8-23(19,21)22/h13H,3-10H2,1-2H3,(H,16,17)/t13-/m1/s1. The minimum absolute atomic E-state index is 0.0545. The van der Waals surface area contributed by atoms with Crippen LogP contribution in [0.2, 0.25) is 0 Å². The molecule has 7 nitrogen and oxygen atoms in total. The average Bonchev–Trinajstić information content (AvgIpc) is 3.03. The van der Waals surface area contributed by atoms with Crippen molar-refractivity contribution >= 4 is 15.9 Å². The van der Waals surface area contributed by atoms with Gasteiger partial charge in [0.2, 0.25) is 15.9 Å². The monoisotopic (exact) mass is 340 g/mol. The summed E-state index contributed by atoms with van der Waals surface area (Å²) in [7, 11) is -3.12. The molecule has 0 unspecified atom stereocenters. The van der Waals surface area contributed by atoms with Crippen molar-refractivity contribution in [1.82, 2.24) is 19.4 Å². The van der Waals surface area contributed by atoms with Gasteiger partial charge < -0.3 is 4.90 Å². The molecule has 1 N–H and O–H groups in total. The Hall–Kier alpha value is -1.41. The molecule has 1 atom stereocenters. The number of carbonyl (C=O) groups excluding carboxylic acids is 1.